The van der Waals surface area contributed by atoms with E-state index in [0.717, 1.165) is 11.3 Å². The fourth-order valence-electron chi connectivity index (χ4n) is 1.72. The molecule has 0 fully saturated rings. The maximum Gasteiger partial charge on any atom is 0.241 e. The first-order chi connectivity index (χ1) is 10.0. The van der Waals surface area contributed by atoms with Gasteiger partial charge in [-0.25, -0.2) is 18.1 Å². The van der Waals surface area contributed by atoms with Crippen LogP contribution in [0.4, 0.5) is 5.82 Å². The molecule has 1 heterocycles. The second kappa shape index (κ2) is 6.55. The lowest BCUT2D eigenvalue weighted by Crippen LogP contribution is -2.23. The lowest BCUT2D eigenvalue weighted by Gasteiger charge is -2.08. The van der Waals surface area contributed by atoms with E-state index < -0.39 is 10.0 Å². The van der Waals surface area contributed by atoms with Gasteiger partial charge in [0.05, 0.1) is 12.0 Å². The van der Waals surface area contributed by atoms with Gasteiger partial charge in [-0.3, -0.25) is 0 Å². The summed E-state index contributed by atoms with van der Waals surface area (Å²) in [6.45, 7) is 0.212. The highest BCUT2D eigenvalue weighted by atomic mass is 32.2. The minimum Gasteiger partial charge on any atom is -0.497 e. The van der Waals surface area contributed by atoms with Crippen LogP contribution < -0.4 is 14.8 Å². The molecule has 7 heteroatoms. The van der Waals surface area contributed by atoms with Crippen molar-refractivity contribution < 1.29 is 13.2 Å². The molecule has 112 valence electrons. The zero-order valence-electron chi connectivity index (χ0n) is 11.8. The molecule has 0 saturated carbocycles. The Labute approximate surface area is 124 Å². The Balaban J connectivity index is 2.09. The number of sulfonamides is 1. The highest BCUT2D eigenvalue weighted by molar-refractivity contribution is 7.89. The Bertz CT molecular complexity index is 700. The van der Waals surface area contributed by atoms with Gasteiger partial charge >= 0.3 is 0 Å². The van der Waals surface area contributed by atoms with Crippen molar-refractivity contribution in [2.24, 2.45) is 0 Å². The Hall–Kier alpha value is -2.12. The van der Waals surface area contributed by atoms with Gasteiger partial charge in [-0.2, -0.15) is 0 Å². The number of hydrogen-bond donors (Lipinski definition) is 2. The van der Waals surface area contributed by atoms with Gasteiger partial charge < -0.3 is 10.1 Å². The standard InChI is InChI=1S/C14H17N3O3S/c1-15-14-9-13(7-8-16-14)21(18,19)17-10-11-3-5-12(20-2)6-4-11/h3-9,17H,10H2,1-2H3,(H,15,16). The molecule has 0 radical (unpaired) electrons. The van der Waals surface area contributed by atoms with Crippen LogP contribution in [-0.4, -0.2) is 27.6 Å². The van der Waals surface area contributed by atoms with E-state index in [1.165, 1.54) is 18.3 Å². The quantitative estimate of drug-likeness (QED) is 0.847. The van der Waals surface area contributed by atoms with Gasteiger partial charge in [0.2, 0.25) is 10.0 Å². The molecular weight excluding hydrogens is 290 g/mol. The topological polar surface area (TPSA) is 80.3 Å². The molecule has 1 aromatic carbocycles. The number of benzene rings is 1. The maximum atomic E-state index is 12.2. The number of aromatic nitrogens is 1. The number of ether oxygens (including phenoxy) is 1. The first-order valence-electron chi connectivity index (χ1n) is 6.31. The molecule has 0 bridgehead atoms. The molecule has 0 aliphatic carbocycles. The van der Waals surface area contributed by atoms with Crippen LogP contribution in [0.5, 0.6) is 5.75 Å². The average molecular weight is 307 g/mol. The van der Waals surface area contributed by atoms with Crippen molar-refractivity contribution in [2.45, 2.75) is 11.4 Å². The fourth-order valence-corrected chi connectivity index (χ4v) is 2.75. The summed E-state index contributed by atoms with van der Waals surface area (Å²) in [6, 6.07) is 10.1. The summed E-state index contributed by atoms with van der Waals surface area (Å²) in [5, 5.41) is 2.81. The molecule has 0 spiro atoms. The van der Waals surface area contributed by atoms with Crippen molar-refractivity contribution >= 4 is 15.8 Å². The highest BCUT2D eigenvalue weighted by Crippen LogP contribution is 2.14. The van der Waals surface area contributed by atoms with Gasteiger partial charge in [0.15, 0.2) is 0 Å². The fraction of sp³-hybridized carbons (Fsp3) is 0.214. The molecule has 0 atom stereocenters. The van der Waals surface area contributed by atoms with E-state index in [9.17, 15) is 8.42 Å². The molecule has 0 amide bonds. The Morgan fingerprint density at radius 2 is 1.90 bits per heavy atom. The summed E-state index contributed by atoms with van der Waals surface area (Å²) in [7, 11) is -0.300. The molecule has 2 aromatic rings. The van der Waals surface area contributed by atoms with Crippen LogP contribution in [0.3, 0.4) is 0 Å². The zero-order chi connectivity index (χ0) is 15.3. The van der Waals surface area contributed by atoms with Crippen LogP contribution in [0.1, 0.15) is 5.56 Å². The second-order valence-corrected chi connectivity index (χ2v) is 6.07. The predicted molar refractivity (Wildman–Crippen MR) is 80.8 cm³/mol. The van der Waals surface area contributed by atoms with Crippen LogP contribution in [0.25, 0.3) is 0 Å². The third-order valence-corrected chi connectivity index (χ3v) is 4.32. The summed E-state index contributed by atoms with van der Waals surface area (Å²) < 4.78 is 32.0. The van der Waals surface area contributed by atoms with Crippen molar-refractivity contribution in [3.63, 3.8) is 0 Å². The number of nitrogens with zero attached hydrogens (tertiary/aromatic N) is 1. The molecule has 2 N–H and O–H groups in total. The van der Waals surface area contributed by atoms with Crippen molar-refractivity contribution in [1.29, 1.82) is 0 Å². The van der Waals surface area contributed by atoms with E-state index in [-0.39, 0.29) is 11.4 Å². The van der Waals surface area contributed by atoms with Crippen molar-refractivity contribution in [1.82, 2.24) is 9.71 Å². The summed E-state index contributed by atoms with van der Waals surface area (Å²) in [5.74, 6) is 1.23. The third kappa shape index (κ3) is 3.93. The second-order valence-electron chi connectivity index (χ2n) is 4.30. The van der Waals surface area contributed by atoms with Crippen molar-refractivity contribution in [2.75, 3.05) is 19.5 Å². The lowest BCUT2D eigenvalue weighted by atomic mass is 10.2. The summed E-state index contributed by atoms with van der Waals surface area (Å²) in [6.07, 6.45) is 1.45. The van der Waals surface area contributed by atoms with E-state index in [1.54, 1.807) is 26.3 Å². The number of rotatable bonds is 6. The first-order valence-corrected chi connectivity index (χ1v) is 7.80. The van der Waals surface area contributed by atoms with E-state index in [4.69, 9.17) is 4.74 Å². The van der Waals surface area contributed by atoms with Crippen molar-refractivity contribution in [3.05, 3.63) is 48.2 Å². The number of anilines is 1. The monoisotopic (exact) mass is 307 g/mol. The normalized spacial score (nSPS) is 11.1. The minimum atomic E-state index is -3.57. The van der Waals surface area contributed by atoms with E-state index >= 15 is 0 Å². The lowest BCUT2D eigenvalue weighted by molar-refractivity contribution is 0.414. The van der Waals surface area contributed by atoms with Crippen LogP contribution in [0, 0.1) is 0 Å². The summed E-state index contributed by atoms with van der Waals surface area (Å²) in [5.41, 5.74) is 0.849. The van der Waals surface area contributed by atoms with Gasteiger partial charge in [0.25, 0.3) is 0 Å². The smallest absolute Gasteiger partial charge is 0.241 e. The first kappa shape index (κ1) is 15.3. The molecule has 0 saturated heterocycles. The molecule has 0 aliphatic rings. The molecule has 0 unspecified atom stereocenters. The van der Waals surface area contributed by atoms with E-state index in [2.05, 4.69) is 15.0 Å². The van der Waals surface area contributed by atoms with Crippen molar-refractivity contribution in [3.8, 4) is 5.75 Å². The maximum absolute atomic E-state index is 12.2. The Kier molecular flexibility index (Phi) is 4.77. The summed E-state index contributed by atoms with van der Waals surface area (Å²) in [4.78, 5) is 4.17. The third-order valence-electron chi connectivity index (χ3n) is 2.92. The van der Waals surface area contributed by atoms with Crippen LogP contribution >= 0.6 is 0 Å². The zero-order valence-corrected chi connectivity index (χ0v) is 12.6. The van der Waals surface area contributed by atoms with E-state index in [1.807, 2.05) is 12.1 Å². The Morgan fingerprint density at radius 1 is 1.19 bits per heavy atom. The molecule has 0 aliphatic heterocycles. The van der Waals surface area contributed by atoms with Gasteiger partial charge in [-0.15, -0.1) is 0 Å². The number of hydrogen-bond acceptors (Lipinski definition) is 5. The number of methoxy groups -OCH3 is 1. The van der Waals surface area contributed by atoms with Gasteiger partial charge in [0, 0.05) is 25.9 Å². The molecule has 6 nitrogen and oxygen atoms in total. The largest absolute Gasteiger partial charge is 0.497 e. The summed E-state index contributed by atoms with van der Waals surface area (Å²) >= 11 is 0. The molecular formula is C14H17N3O3S. The van der Waals surface area contributed by atoms with Crippen LogP contribution in [0.2, 0.25) is 0 Å². The minimum absolute atomic E-state index is 0.176. The predicted octanol–water partition coefficient (Wildman–Crippen LogP) is 1.61. The molecule has 1 aromatic heterocycles. The highest BCUT2D eigenvalue weighted by Gasteiger charge is 2.14. The average Bonchev–Trinajstić information content (AvgIpc) is 2.53. The number of nitrogens with one attached hydrogen (secondary N) is 2. The van der Waals surface area contributed by atoms with Crippen LogP contribution in [-0.2, 0) is 16.6 Å². The van der Waals surface area contributed by atoms with Gasteiger partial charge in [-0.1, -0.05) is 12.1 Å². The SMILES string of the molecule is CNc1cc(S(=O)(=O)NCc2ccc(OC)cc2)ccn1. The van der Waals surface area contributed by atoms with E-state index in [0.29, 0.717) is 5.82 Å². The molecule has 21 heavy (non-hydrogen) atoms. The molecule has 2 rings (SSSR count). The van der Waals surface area contributed by atoms with Crippen LogP contribution in [0.15, 0.2) is 47.5 Å². The Morgan fingerprint density at radius 3 is 2.52 bits per heavy atom. The number of pyridine rings is 1. The van der Waals surface area contributed by atoms with Gasteiger partial charge in [0.1, 0.15) is 11.6 Å². The van der Waals surface area contributed by atoms with Gasteiger partial charge in [-0.05, 0) is 23.8 Å².